The molecule has 20 heavy (non-hydrogen) atoms. The molecule has 6 heteroatoms. The van der Waals surface area contributed by atoms with E-state index in [1.165, 1.54) is 0 Å². The molecule has 0 radical (unpaired) electrons. The molecule has 0 fully saturated rings. The van der Waals surface area contributed by atoms with E-state index in [0.717, 1.165) is 39.9 Å². The van der Waals surface area contributed by atoms with Gasteiger partial charge in [-0.15, -0.1) is 10.2 Å². The van der Waals surface area contributed by atoms with Crippen molar-refractivity contribution in [3.05, 3.63) is 22.5 Å². The molecule has 108 valence electrons. The predicted octanol–water partition coefficient (Wildman–Crippen LogP) is 2.75. The molecule has 2 rings (SSSR count). The van der Waals surface area contributed by atoms with Gasteiger partial charge in [-0.1, -0.05) is 18.3 Å². The minimum atomic E-state index is 0.0786. The maximum Gasteiger partial charge on any atom is 0.149 e. The summed E-state index contributed by atoms with van der Waals surface area (Å²) < 4.78 is 0. The monoisotopic (exact) mass is 291 g/mol. The highest BCUT2D eigenvalue weighted by molar-refractivity contribution is 7.14. The van der Waals surface area contributed by atoms with Crippen LogP contribution in [0.4, 0.5) is 0 Å². The largest absolute Gasteiger partial charge is 0.306 e. The second-order valence-corrected chi connectivity index (χ2v) is 6.87. The summed E-state index contributed by atoms with van der Waals surface area (Å²) in [7, 11) is 0. The van der Waals surface area contributed by atoms with Crippen LogP contribution in [0.3, 0.4) is 0 Å². The van der Waals surface area contributed by atoms with E-state index in [9.17, 15) is 0 Å². The second-order valence-electron chi connectivity index (χ2n) is 5.80. The Kier molecular flexibility index (Phi) is 4.45. The van der Waals surface area contributed by atoms with Crippen molar-refractivity contribution in [2.45, 2.75) is 53.1 Å². The van der Waals surface area contributed by atoms with Crippen molar-refractivity contribution < 1.29 is 0 Å². The first kappa shape index (κ1) is 15.0. The third-order valence-corrected chi connectivity index (χ3v) is 3.75. The molecular formula is C14H21N5S. The van der Waals surface area contributed by atoms with Crippen LogP contribution in [0.5, 0.6) is 0 Å². The van der Waals surface area contributed by atoms with E-state index in [-0.39, 0.29) is 5.54 Å². The van der Waals surface area contributed by atoms with Crippen LogP contribution in [0.1, 0.15) is 44.1 Å². The Bertz CT molecular complexity index is 585. The first-order chi connectivity index (χ1) is 9.39. The van der Waals surface area contributed by atoms with Gasteiger partial charge in [0.2, 0.25) is 0 Å². The molecule has 5 nitrogen and oxygen atoms in total. The lowest BCUT2D eigenvalue weighted by Gasteiger charge is -2.19. The zero-order valence-electron chi connectivity index (χ0n) is 12.7. The first-order valence-electron chi connectivity index (χ1n) is 6.80. The van der Waals surface area contributed by atoms with Gasteiger partial charge in [-0.2, -0.15) is 10.2 Å². The van der Waals surface area contributed by atoms with Gasteiger partial charge in [0, 0.05) is 11.1 Å². The van der Waals surface area contributed by atoms with Crippen molar-refractivity contribution in [3.8, 4) is 10.6 Å². The number of nitrogens with one attached hydrogen (secondary N) is 1. The third kappa shape index (κ3) is 3.80. The predicted molar refractivity (Wildman–Crippen MR) is 81.6 cm³/mol. The number of rotatable bonds is 4. The summed E-state index contributed by atoms with van der Waals surface area (Å²) in [6.45, 7) is 11.2. The minimum absolute atomic E-state index is 0.0786. The molecular weight excluding hydrogens is 270 g/mol. The highest BCUT2D eigenvalue weighted by Gasteiger charge is 2.14. The van der Waals surface area contributed by atoms with E-state index in [0.29, 0.717) is 0 Å². The maximum absolute atomic E-state index is 4.30. The lowest BCUT2D eigenvalue weighted by atomic mass is 10.1. The van der Waals surface area contributed by atoms with Crippen LogP contribution in [0.25, 0.3) is 10.6 Å². The molecule has 2 aromatic heterocycles. The van der Waals surface area contributed by atoms with Crippen molar-refractivity contribution in [1.29, 1.82) is 0 Å². The average Bonchev–Trinajstić information content (AvgIpc) is 2.84. The van der Waals surface area contributed by atoms with Crippen LogP contribution in [-0.4, -0.2) is 25.9 Å². The zero-order valence-corrected chi connectivity index (χ0v) is 13.5. The number of aromatic nitrogens is 4. The van der Waals surface area contributed by atoms with Crippen LogP contribution in [0.2, 0.25) is 0 Å². The Labute approximate surface area is 123 Å². The summed E-state index contributed by atoms with van der Waals surface area (Å²) in [5, 5.41) is 22.2. The lowest BCUT2D eigenvalue weighted by Crippen LogP contribution is -2.35. The van der Waals surface area contributed by atoms with Crippen LogP contribution in [-0.2, 0) is 13.0 Å². The van der Waals surface area contributed by atoms with Crippen molar-refractivity contribution in [2.24, 2.45) is 0 Å². The molecule has 1 N–H and O–H groups in total. The number of nitrogens with zero attached hydrogens (tertiary/aromatic N) is 4. The van der Waals surface area contributed by atoms with Gasteiger partial charge >= 0.3 is 0 Å². The van der Waals surface area contributed by atoms with Crippen molar-refractivity contribution >= 4 is 11.3 Å². The molecule has 0 amide bonds. The Morgan fingerprint density at radius 3 is 2.55 bits per heavy atom. The molecule has 0 saturated carbocycles. The molecule has 2 aromatic rings. The molecule has 0 aliphatic heterocycles. The summed E-state index contributed by atoms with van der Waals surface area (Å²) in [5.41, 5.74) is 3.01. The molecule has 2 heterocycles. The maximum atomic E-state index is 4.30. The lowest BCUT2D eigenvalue weighted by molar-refractivity contribution is 0.423. The van der Waals surface area contributed by atoms with Gasteiger partial charge < -0.3 is 5.32 Å². The SMILES string of the molecule is CCc1nnc(C)cc1-c1nnc(CNC(C)(C)C)s1. The summed E-state index contributed by atoms with van der Waals surface area (Å²) >= 11 is 1.61. The van der Waals surface area contributed by atoms with Gasteiger partial charge in [0.05, 0.1) is 17.9 Å². The van der Waals surface area contributed by atoms with Crippen LogP contribution < -0.4 is 5.32 Å². The number of aryl methyl sites for hydroxylation is 2. The standard InChI is InChI=1S/C14H21N5S/c1-6-11-10(7-9(2)16-17-11)13-19-18-12(20-13)8-15-14(3,4)5/h7,15H,6,8H2,1-5H3. The first-order valence-corrected chi connectivity index (χ1v) is 7.61. The van der Waals surface area contributed by atoms with Gasteiger partial charge in [0.1, 0.15) is 10.0 Å². The zero-order chi connectivity index (χ0) is 14.8. The fraction of sp³-hybridized carbons (Fsp3) is 0.571. The smallest absolute Gasteiger partial charge is 0.149 e. The summed E-state index contributed by atoms with van der Waals surface area (Å²) in [6.07, 6.45) is 0.845. The Balaban J connectivity index is 2.22. The normalized spacial score (nSPS) is 11.8. The quantitative estimate of drug-likeness (QED) is 0.938. The summed E-state index contributed by atoms with van der Waals surface area (Å²) in [5.74, 6) is 0. The minimum Gasteiger partial charge on any atom is -0.306 e. The van der Waals surface area contributed by atoms with Crippen molar-refractivity contribution in [3.63, 3.8) is 0 Å². The molecule has 0 spiro atoms. The number of hydrogen-bond donors (Lipinski definition) is 1. The van der Waals surface area contributed by atoms with Crippen molar-refractivity contribution in [1.82, 2.24) is 25.7 Å². The Hall–Kier alpha value is -1.40. The van der Waals surface area contributed by atoms with Gasteiger partial charge in [0.15, 0.2) is 0 Å². The molecule has 0 saturated heterocycles. The summed E-state index contributed by atoms with van der Waals surface area (Å²) in [4.78, 5) is 0. The van der Waals surface area contributed by atoms with Gasteiger partial charge in [-0.25, -0.2) is 0 Å². The Morgan fingerprint density at radius 1 is 1.15 bits per heavy atom. The molecule has 0 aliphatic carbocycles. The van der Waals surface area contributed by atoms with Gasteiger partial charge in [-0.05, 0) is 40.2 Å². The van der Waals surface area contributed by atoms with E-state index in [1.807, 2.05) is 13.0 Å². The molecule has 0 unspecified atom stereocenters. The van der Waals surface area contributed by atoms with Gasteiger partial charge in [0.25, 0.3) is 0 Å². The molecule has 0 aliphatic rings. The van der Waals surface area contributed by atoms with Crippen LogP contribution in [0.15, 0.2) is 6.07 Å². The van der Waals surface area contributed by atoms with E-state index in [1.54, 1.807) is 11.3 Å². The third-order valence-electron chi connectivity index (χ3n) is 2.79. The van der Waals surface area contributed by atoms with Gasteiger partial charge in [-0.3, -0.25) is 0 Å². The van der Waals surface area contributed by atoms with Crippen LogP contribution >= 0.6 is 11.3 Å². The molecule has 0 aromatic carbocycles. The average molecular weight is 291 g/mol. The topological polar surface area (TPSA) is 63.6 Å². The Morgan fingerprint density at radius 2 is 1.90 bits per heavy atom. The second kappa shape index (κ2) is 5.93. The molecule has 0 atom stereocenters. The highest BCUT2D eigenvalue weighted by Crippen LogP contribution is 2.26. The van der Waals surface area contributed by atoms with E-state index < -0.39 is 0 Å². The molecule has 0 bridgehead atoms. The van der Waals surface area contributed by atoms with Crippen LogP contribution in [0, 0.1) is 6.92 Å². The van der Waals surface area contributed by atoms with Crippen molar-refractivity contribution in [2.75, 3.05) is 0 Å². The highest BCUT2D eigenvalue weighted by atomic mass is 32.1. The van der Waals surface area contributed by atoms with E-state index in [2.05, 4.69) is 53.4 Å². The number of hydrogen-bond acceptors (Lipinski definition) is 6. The van der Waals surface area contributed by atoms with E-state index in [4.69, 9.17) is 0 Å². The van der Waals surface area contributed by atoms with E-state index >= 15 is 0 Å². The fourth-order valence-electron chi connectivity index (χ4n) is 1.74. The fourth-order valence-corrected chi connectivity index (χ4v) is 2.55. The summed E-state index contributed by atoms with van der Waals surface area (Å²) in [6, 6.07) is 2.04.